The second-order valence-corrected chi connectivity index (χ2v) is 4.76. The van der Waals surface area contributed by atoms with Crippen LogP contribution < -0.4 is 0 Å². The van der Waals surface area contributed by atoms with Crippen LogP contribution in [0.15, 0.2) is 0 Å². The Morgan fingerprint density at radius 1 is 1.40 bits per heavy atom. The van der Waals surface area contributed by atoms with E-state index in [1.165, 1.54) is 12.3 Å². The number of nitrogens with zero attached hydrogens (tertiary/aromatic N) is 1. The largest absolute Gasteiger partial charge is 0.379 e. The van der Waals surface area contributed by atoms with Crippen LogP contribution >= 0.6 is 30.1 Å². The maximum Gasteiger partial charge on any atom is 0.0594 e. The topological polar surface area (TPSA) is 12.5 Å². The van der Waals surface area contributed by atoms with Gasteiger partial charge in [0.05, 0.1) is 13.2 Å². The molecule has 0 aromatic rings. The van der Waals surface area contributed by atoms with E-state index >= 15 is 0 Å². The van der Waals surface area contributed by atoms with Crippen molar-refractivity contribution in [2.24, 2.45) is 0 Å². The minimum Gasteiger partial charge on any atom is -0.379 e. The Morgan fingerprint density at radius 2 is 2.10 bits per heavy atom. The lowest BCUT2D eigenvalue weighted by molar-refractivity contribution is 0.0410. The molecular formula is C6H12INOS. The highest BCUT2D eigenvalue weighted by Crippen LogP contribution is 2.10. The highest BCUT2D eigenvalue weighted by molar-refractivity contribution is 14.2. The van der Waals surface area contributed by atoms with E-state index in [2.05, 4.69) is 26.1 Å². The van der Waals surface area contributed by atoms with Gasteiger partial charge in [0, 0.05) is 25.4 Å². The van der Waals surface area contributed by atoms with Crippen LogP contribution in [0.25, 0.3) is 0 Å². The van der Waals surface area contributed by atoms with E-state index in [0.717, 1.165) is 26.3 Å². The number of ether oxygens (including phenoxy) is 1. The lowest BCUT2D eigenvalue weighted by atomic mass is 10.4. The number of rotatable bonds is 3. The summed E-state index contributed by atoms with van der Waals surface area (Å²) >= 11 is 2.34. The van der Waals surface area contributed by atoms with E-state index in [-0.39, 0.29) is 0 Å². The molecule has 1 aliphatic heterocycles. The SMILES string of the molecule is ISCCN1CCOCC1. The fourth-order valence-corrected chi connectivity index (χ4v) is 1.91. The van der Waals surface area contributed by atoms with Gasteiger partial charge in [-0.2, -0.15) is 0 Å². The zero-order valence-corrected chi connectivity index (χ0v) is 8.86. The summed E-state index contributed by atoms with van der Waals surface area (Å²) in [5, 5.41) is 0. The van der Waals surface area contributed by atoms with Gasteiger partial charge >= 0.3 is 0 Å². The number of morpholine rings is 1. The van der Waals surface area contributed by atoms with E-state index in [0.29, 0.717) is 0 Å². The molecule has 4 heteroatoms. The Labute approximate surface area is 78.3 Å². The second kappa shape index (κ2) is 5.62. The van der Waals surface area contributed by atoms with Crippen molar-refractivity contribution in [3.63, 3.8) is 0 Å². The highest BCUT2D eigenvalue weighted by atomic mass is 127. The molecule has 0 atom stereocenters. The monoisotopic (exact) mass is 273 g/mol. The van der Waals surface area contributed by atoms with E-state index in [1.807, 2.05) is 8.93 Å². The second-order valence-electron chi connectivity index (χ2n) is 2.27. The quantitative estimate of drug-likeness (QED) is 0.721. The first-order valence-electron chi connectivity index (χ1n) is 3.47. The number of halogens is 1. The summed E-state index contributed by atoms with van der Waals surface area (Å²) in [6.07, 6.45) is 0. The predicted octanol–water partition coefficient (Wildman–Crippen LogP) is 1.40. The van der Waals surface area contributed by atoms with Crippen molar-refractivity contribution in [3.8, 4) is 0 Å². The van der Waals surface area contributed by atoms with Gasteiger partial charge in [-0.1, -0.05) is 8.93 Å². The Hall–Kier alpha value is 1.00. The molecule has 0 saturated carbocycles. The van der Waals surface area contributed by atoms with Crippen molar-refractivity contribution < 1.29 is 4.74 Å². The first-order valence-corrected chi connectivity index (χ1v) is 7.00. The van der Waals surface area contributed by atoms with Crippen molar-refractivity contribution in [3.05, 3.63) is 0 Å². The third-order valence-electron chi connectivity index (χ3n) is 1.59. The molecule has 1 heterocycles. The van der Waals surface area contributed by atoms with Gasteiger partial charge in [0.1, 0.15) is 0 Å². The summed E-state index contributed by atoms with van der Waals surface area (Å²) < 4.78 is 5.23. The van der Waals surface area contributed by atoms with Crippen LogP contribution in [0.2, 0.25) is 0 Å². The van der Waals surface area contributed by atoms with Gasteiger partial charge in [-0.25, -0.2) is 0 Å². The molecule has 0 amide bonds. The number of hydrogen-bond acceptors (Lipinski definition) is 3. The molecule has 0 aromatic carbocycles. The fraction of sp³-hybridized carbons (Fsp3) is 1.00. The van der Waals surface area contributed by atoms with E-state index in [9.17, 15) is 0 Å². The molecule has 10 heavy (non-hydrogen) atoms. The predicted molar refractivity (Wildman–Crippen MR) is 53.7 cm³/mol. The summed E-state index contributed by atoms with van der Waals surface area (Å²) in [6, 6.07) is 0. The van der Waals surface area contributed by atoms with Crippen LogP contribution in [-0.4, -0.2) is 43.5 Å². The molecule has 1 rings (SSSR count). The first kappa shape index (κ1) is 9.09. The average molecular weight is 273 g/mol. The zero-order chi connectivity index (χ0) is 7.23. The molecule has 0 aliphatic carbocycles. The van der Waals surface area contributed by atoms with Crippen LogP contribution in [0.1, 0.15) is 0 Å². The molecule has 0 bridgehead atoms. The summed E-state index contributed by atoms with van der Waals surface area (Å²) in [7, 11) is 1.88. The molecule has 0 aromatic heterocycles. The standard InChI is InChI=1S/C6H12INOS/c7-10-6-3-8-1-4-9-5-2-8/h1-6H2. The van der Waals surface area contributed by atoms with Crippen molar-refractivity contribution in [2.75, 3.05) is 38.6 Å². The number of hydrogen-bond donors (Lipinski definition) is 0. The van der Waals surface area contributed by atoms with Crippen molar-refractivity contribution in [2.45, 2.75) is 0 Å². The van der Waals surface area contributed by atoms with Gasteiger partial charge < -0.3 is 4.74 Å². The third kappa shape index (κ3) is 3.41. The smallest absolute Gasteiger partial charge is 0.0594 e. The van der Waals surface area contributed by atoms with Crippen LogP contribution in [0.4, 0.5) is 0 Å². The van der Waals surface area contributed by atoms with E-state index < -0.39 is 0 Å². The first-order chi connectivity index (χ1) is 4.93. The minimum absolute atomic E-state index is 0.923. The maximum atomic E-state index is 5.23. The van der Waals surface area contributed by atoms with Gasteiger partial charge in [0.15, 0.2) is 0 Å². The van der Waals surface area contributed by atoms with Gasteiger partial charge in [-0.15, -0.1) is 0 Å². The Morgan fingerprint density at radius 3 is 2.70 bits per heavy atom. The molecule has 0 N–H and O–H groups in total. The third-order valence-corrected chi connectivity index (χ3v) is 3.25. The average Bonchev–Trinajstić information content (AvgIpc) is 2.03. The van der Waals surface area contributed by atoms with E-state index in [4.69, 9.17) is 4.74 Å². The fourth-order valence-electron chi connectivity index (χ4n) is 0.988. The maximum absolute atomic E-state index is 5.23. The van der Waals surface area contributed by atoms with Crippen molar-refractivity contribution in [1.82, 2.24) is 4.90 Å². The van der Waals surface area contributed by atoms with E-state index in [1.54, 1.807) is 0 Å². The van der Waals surface area contributed by atoms with Crippen LogP contribution in [0.5, 0.6) is 0 Å². The van der Waals surface area contributed by atoms with Gasteiger partial charge in [0.2, 0.25) is 0 Å². The van der Waals surface area contributed by atoms with Crippen LogP contribution in [0, 0.1) is 0 Å². The molecular weight excluding hydrogens is 261 g/mol. The molecule has 0 unspecified atom stereocenters. The normalized spacial score (nSPS) is 21.3. The summed E-state index contributed by atoms with van der Waals surface area (Å²) in [4.78, 5) is 2.45. The minimum atomic E-state index is 0.923. The Bertz CT molecular complexity index is 87.8. The molecule has 2 nitrogen and oxygen atoms in total. The highest BCUT2D eigenvalue weighted by Gasteiger charge is 2.08. The summed E-state index contributed by atoms with van der Waals surface area (Å²) in [6.45, 7) is 5.31. The molecule has 0 radical (unpaired) electrons. The molecule has 0 spiro atoms. The lowest BCUT2D eigenvalue weighted by Gasteiger charge is -2.25. The summed E-state index contributed by atoms with van der Waals surface area (Å²) in [5.41, 5.74) is 0. The Balaban J connectivity index is 2.02. The molecule has 1 fully saturated rings. The molecule has 60 valence electrons. The Kier molecular flexibility index (Phi) is 5.11. The van der Waals surface area contributed by atoms with Gasteiger partial charge in [-0.3, -0.25) is 4.90 Å². The lowest BCUT2D eigenvalue weighted by Crippen LogP contribution is -2.37. The van der Waals surface area contributed by atoms with Gasteiger partial charge in [-0.05, 0) is 21.2 Å². The van der Waals surface area contributed by atoms with Crippen molar-refractivity contribution in [1.29, 1.82) is 0 Å². The molecule has 1 aliphatic rings. The van der Waals surface area contributed by atoms with Crippen LogP contribution in [-0.2, 0) is 4.74 Å². The molecule has 1 saturated heterocycles. The van der Waals surface area contributed by atoms with Gasteiger partial charge in [0.25, 0.3) is 0 Å². The zero-order valence-electron chi connectivity index (χ0n) is 5.88. The van der Waals surface area contributed by atoms with Crippen molar-refractivity contribution >= 4 is 30.1 Å². The summed E-state index contributed by atoms with van der Waals surface area (Å²) in [5.74, 6) is 1.24. The van der Waals surface area contributed by atoms with Crippen LogP contribution in [0.3, 0.4) is 0 Å².